The van der Waals surface area contributed by atoms with Gasteiger partial charge >= 0.3 is 0 Å². The fraction of sp³-hybridized carbons (Fsp3) is 0.455. The minimum atomic E-state index is 0.938. The number of methoxy groups -OCH3 is 1. The summed E-state index contributed by atoms with van der Waals surface area (Å²) in [5.74, 6) is 0.985. The van der Waals surface area contributed by atoms with Crippen LogP contribution in [0.1, 0.15) is 18.1 Å². The lowest BCUT2D eigenvalue weighted by atomic mass is 10.1. The van der Waals surface area contributed by atoms with Gasteiger partial charge in [-0.15, -0.1) is 0 Å². The maximum atomic E-state index is 5.32. The third-order valence-corrected chi connectivity index (χ3v) is 2.17. The van der Waals surface area contributed by atoms with Crippen molar-refractivity contribution in [3.8, 4) is 5.75 Å². The number of benzene rings is 1. The molecule has 0 aromatic heterocycles. The molecule has 2 nitrogen and oxygen atoms in total. The van der Waals surface area contributed by atoms with E-state index in [9.17, 15) is 0 Å². The van der Waals surface area contributed by atoms with Crippen LogP contribution in [0.2, 0.25) is 0 Å². The van der Waals surface area contributed by atoms with Crippen LogP contribution in [0.4, 0.5) is 5.69 Å². The molecule has 2 heteroatoms. The summed E-state index contributed by atoms with van der Waals surface area (Å²) >= 11 is 0. The van der Waals surface area contributed by atoms with E-state index < -0.39 is 0 Å². The largest absolute Gasteiger partial charge is 0.496 e. The van der Waals surface area contributed by atoms with Crippen LogP contribution in [0.15, 0.2) is 12.1 Å². The van der Waals surface area contributed by atoms with E-state index in [1.54, 1.807) is 7.11 Å². The standard InChI is InChI=1S/C11H17NO/c1-5-12-10-7-6-8(2)11(13-4)9(10)3/h6-7,12H,5H2,1-4H3. The van der Waals surface area contributed by atoms with Gasteiger partial charge in [0.15, 0.2) is 0 Å². The molecule has 0 heterocycles. The van der Waals surface area contributed by atoms with Crippen molar-refractivity contribution in [2.45, 2.75) is 20.8 Å². The van der Waals surface area contributed by atoms with E-state index in [0.29, 0.717) is 0 Å². The summed E-state index contributed by atoms with van der Waals surface area (Å²) in [7, 11) is 1.71. The third-order valence-electron chi connectivity index (χ3n) is 2.17. The van der Waals surface area contributed by atoms with Gasteiger partial charge < -0.3 is 10.1 Å². The Balaban J connectivity index is 3.11. The minimum absolute atomic E-state index is 0.938. The van der Waals surface area contributed by atoms with E-state index in [-0.39, 0.29) is 0 Å². The highest BCUT2D eigenvalue weighted by Gasteiger charge is 2.06. The minimum Gasteiger partial charge on any atom is -0.496 e. The van der Waals surface area contributed by atoms with Gasteiger partial charge in [-0.2, -0.15) is 0 Å². The molecular formula is C11H17NO. The molecule has 13 heavy (non-hydrogen) atoms. The van der Waals surface area contributed by atoms with Crippen molar-refractivity contribution in [2.24, 2.45) is 0 Å². The molecule has 0 spiro atoms. The summed E-state index contributed by atoms with van der Waals surface area (Å²) in [6, 6.07) is 4.17. The molecule has 1 rings (SSSR count). The fourth-order valence-corrected chi connectivity index (χ4v) is 1.52. The summed E-state index contributed by atoms with van der Waals surface area (Å²) < 4.78 is 5.32. The fourth-order valence-electron chi connectivity index (χ4n) is 1.52. The normalized spacial score (nSPS) is 9.85. The van der Waals surface area contributed by atoms with Crippen LogP contribution in [-0.4, -0.2) is 13.7 Å². The first kappa shape index (κ1) is 9.90. The topological polar surface area (TPSA) is 21.3 Å². The highest BCUT2D eigenvalue weighted by atomic mass is 16.5. The molecule has 0 aliphatic heterocycles. The van der Waals surface area contributed by atoms with Crippen LogP contribution >= 0.6 is 0 Å². The smallest absolute Gasteiger partial charge is 0.126 e. The van der Waals surface area contributed by atoms with Gasteiger partial charge in [-0.1, -0.05) is 6.07 Å². The Kier molecular flexibility index (Phi) is 3.18. The quantitative estimate of drug-likeness (QED) is 0.770. The molecule has 1 aromatic rings. The molecule has 0 unspecified atom stereocenters. The highest BCUT2D eigenvalue weighted by molar-refractivity contribution is 5.59. The molecule has 0 saturated heterocycles. The lowest BCUT2D eigenvalue weighted by Crippen LogP contribution is -2.01. The SMILES string of the molecule is CCNc1ccc(C)c(OC)c1C. The lowest BCUT2D eigenvalue weighted by molar-refractivity contribution is 0.409. The van der Waals surface area contributed by atoms with E-state index in [2.05, 4.69) is 38.2 Å². The predicted octanol–water partition coefficient (Wildman–Crippen LogP) is 2.74. The number of ether oxygens (including phenoxy) is 1. The summed E-state index contributed by atoms with van der Waals surface area (Å²) in [5, 5.41) is 3.30. The monoisotopic (exact) mass is 179 g/mol. The van der Waals surface area contributed by atoms with Crippen LogP contribution in [0.25, 0.3) is 0 Å². The molecule has 0 amide bonds. The third kappa shape index (κ3) is 1.94. The van der Waals surface area contributed by atoms with Gasteiger partial charge in [0, 0.05) is 17.8 Å². The average molecular weight is 179 g/mol. The second-order valence-electron chi connectivity index (χ2n) is 3.12. The van der Waals surface area contributed by atoms with E-state index in [1.165, 1.54) is 11.1 Å². The Morgan fingerprint density at radius 3 is 2.54 bits per heavy atom. The zero-order valence-corrected chi connectivity index (χ0v) is 8.77. The van der Waals surface area contributed by atoms with E-state index in [1.807, 2.05) is 0 Å². The Morgan fingerprint density at radius 2 is 2.00 bits per heavy atom. The van der Waals surface area contributed by atoms with Gasteiger partial charge in [0.1, 0.15) is 5.75 Å². The number of anilines is 1. The number of hydrogen-bond acceptors (Lipinski definition) is 2. The van der Waals surface area contributed by atoms with Crippen molar-refractivity contribution in [1.82, 2.24) is 0 Å². The first-order valence-electron chi connectivity index (χ1n) is 4.58. The molecule has 0 radical (unpaired) electrons. The zero-order chi connectivity index (χ0) is 9.84. The second-order valence-corrected chi connectivity index (χ2v) is 3.12. The number of hydrogen-bond donors (Lipinski definition) is 1. The Morgan fingerprint density at radius 1 is 1.31 bits per heavy atom. The number of aryl methyl sites for hydroxylation is 1. The first-order valence-corrected chi connectivity index (χ1v) is 4.58. The van der Waals surface area contributed by atoms with Gasteiger partial charge in [-0.05, 0) is 32.4 Å². The van der Waals surface area contributed by atoms with Crippen molar-refractivity contribution >= 4 is 5.69 Å². The van der Waals surface area contributed by atoms with Crippen molar-refractivity contribution < 1.29 is 4.74 Å². The van der Waals surface area contributed by atoms with E-state index >= 15 is 0 Å². The van der Waals surface area contributed by atoms with Crippen LogP contribution in [0.5, 0.6) is 5.75 Å². The lowest BCUT2D eigenvalue weighted by Gasteiger charge is -2.13. The van der Waals surface area contributed by atoms with Crippen molar-refractivity contribution in [1.29, 1.82) is 0 Å². The van der Waals surface area contributed by atoms with Crippen LogP contribution in [0.3, 0.4) is 0 Å². The van der Waals surface area contributed by atoms with Crippen molar-refractivity contribution in [3.05, 3.63) is 23.3 Å². The maximum Gasteiger partial charge on any atom is 0.126 e. The number of nitrogens with one attached hydrogen (secondary N) is 1. The van der Waals surface area contributed by atoms with Gasteiger partial charge in [-0.3, -0.25) is 0 Å². The number of rotatable bonds is 3. The summed E-state index contributed by atoms with van der Waals surface area (Å²) in [6.45, 7) is 7.16. The molecule has 0 bridgehead atoms. The van der Waals surface area contributed by atoms with E-state index in [0.717, 1.165) is 18.0 Å². The summed E-state index contributed by atoms with van der Waals surface area (Å²) in [4.78, 5) is 0. The molecule has 1 N–H and O–H groups in total. The maximum absolute atomic E-state index is 5.32. The van der Waals surface area contributed by atoms with Gasteiger partial charge in [-0.25, -0.2) is 0 Å². The molecule has 72 valence electrons. The summed E-state index contributed by atoms with van der Waals surface area (Å²) in [6.07, 6.45) is 0. The van der Waals surface area contributed by atoms with Crippen LogP contribution in [-0.2, 0) is 0 Å². The Bertz CT molecular complexity index is 294. The molecule has 0 saturated carbocycles. The highest BCUT2D eigenvalue weighted by Crippen LogP contribution is 2.28. The molecule has 0 aliphatic rings. The van der Waals surface area contributed by atoms with Gasteiger partial charge in [0.2, 0.25) is 0 Å². The summed E-state index contributed by atoms with van der Waals surface area (Å²) in [5.41, 5.74) is 3.52. The Hall–Kier alpha value is -1.18. The Labute approximate surface area is 79.9 Å². The first-order chi connectivity index (χ1) is 6.20. The molecule has 0 fully saturated rings. The zero-order valence-electron chi connectivity index (χ0n) is 8.77. The predicted molar refractivity (Wildman–Crippen MR) is 56.6 cm³/mol. The molecule has 0 aliphatic carbocycles. The molecule has 0 atom stereocenters. The molecular weight excluding hydrogens is 162 g/mol. The van der Waals surface area contributed by atoms with Crippen LogP contribution in [0, 0.1) is 13.8 Å². The van der Waals surface area contributed by atoms with Gasteiger partial charge in [0.25, 0.3) is 0 Å². The van der Waals surface area contributed by atoms with Crippen LogP contribution < -0.4 is 10.1 Å². The van der Waals surface area contributed by atoms with Crippen molar-refractivity contribution in [2.75, 3.05) is 19.0 Å². The van der Waals surface area contributed by atoms with Crippen molar-refractivity contribution in [3.63, 3.8) is 0 Å². The van der Waals surface area contributed by atoms with Gasteiger partial charge in [0.05, 0.1) is 7.11 Å². The average Bonchev–Trinajstić information content (AvgIpc) is 2.11. The van der Waals surface area contributed by atoms with E-state index in [4.69, 9.17) is 4.74 Å². The second kappa shape index (κ2) is 4.17. The molecule has 1 aromatic carbocycles.